The van der Waals surface area contributed by atoms with Crippen LogP contribution in [0.2, 0.25) is 10.0 Å². The number of nitrogens with zero attached hydrogens (tertiary/aromatic N) is 1. The maximum absolute atomic E-state index is 13.3. The lowest BCUT2D eigenvalue weighted by Gasteiger charge is -2.24. The summed E-state index contributed by atoms with van der Waals surface area (Å²) in [5.41, 5.74) is 0.767. The van der Waals surface area contributed by atoms with Crippen molar-refractivity contribution in [3.8, 4) is 0 Å². The van der Waals surface area contributed by atoms with Crippen molar-refractivity contribution in [3.63, 3.8) is 0 Å². The largest absolute Gasteiger partial charge is 0.244 e. The van der Waals surface area contributed by atoms with Crippen LogP contribution in [-0.4, -0.2) is 25.0 Å². The summed E-state index contributed by atoms with van der Waals surface area (Å²) in [4.78, 5) is 0.300. The second kappa shape index (κ2) is 7.06. The maximum Gasteiger partial charge on any atom is 0.244 e. The highest BCUT2D eigenvalue weighted by atomic mass is 35.5. The van der Waals surface area contributed by atoms with E-state index in [1.54, 1.807) is 42.1 Å². The van der Waals surface area contributed by atoms with Crippen LogP contribution in [0.1, 0.15) is 10.9 Å². The molecule has 0 bridgehead atoms. The minimum Gasteiger partial charge on any atom is -0.207 e. The fourth-order valence-electron chi connectivity index (χ4n) is 3.11. The molecule has 0 N–H and O–H groups in total. The van der Waals surface area contributed by atoms with Gasteiger partial charge in [0.1, 0.15) is 0 Å². The summed E-state index contributed by atoms with van der Waals surface area (Å²) in [6, 6.07) is 18.2. The van der Waals surface area contributed by atoms with Crippen molar-refractivity contribution in [2.75, 3.05) is 12.3 Å². The standard InChI is InChI=1S/C19H15Cl2NO2S2/c20-15-6-8-17(18(21)12-15)19-22(9-10-25-19)26(23,24)16-7-5-13-3-1-2-4-14(13)11-16/h1-8,11-12,19H,9-10H2/t19-/m0/s1. The van der Waals surface area contributed by atoms with E-state index in [1.165, 1.54) is 4.31 Å². The monoisotopic (exact) mass is 423 g/mol. The zero-order valence-electron chi connectivity index (χ0n) is 13.6. The summed E-state index contributed by atoms with van der Waals surface area (Å²) in [7, 11) is -3.63. The average molecular weight is 424 g/mol. The van der Waals surface area contributed by atoms with Gasteiger partial charge in [0.05, 0.1) is 10.3 Å². The normalized spacial score (nSPS) is 18.5. The molecule has 134 valence electrons. The topological polar surface area (TPSA) is 37.4 Å². The summed E-state index contributed by atoms with van der Waals surface area (Å²) < 4.78 is 28.1. The first kappa shape index (κ1) is 18.1. The van der Waals surface area contributed by atoms with E-state index in [4.69, 9.17) is 23.2 Å². The lowest BCUT2D eigenvalue weighted by molar-refractivity contribution is 0.434. The summed E-state index contributed by atoms with van der Waals surface area (Å²) >= 11 is 13.9. The summed E-state index contributed by atoms with van der Waals surface area (Å²) in [5.74, 6) is 0.719. The van der Waals surface area contributed by atoms with Gasteiger partial charge in [0, 0.05) is 22.3 Å². The quantitative estimate of drug-likeness (QED) is 0.551. The van der Waals surface area contributed by atoms with E-state index in [2.05, 4.69) is 0 Å². The van der Waals surface area contributed by atoms with Gasteiger partial charge in [0.15, 0.2) is 0 Å². The number of thioether (sulfide) groups is 1. The minimum absolute atomic E-state index is 0.300. The first-order valence-electron chi connectivity index (χ1n) is 8.04. The van der Waals surface area contributed by atoms with Crippen LogP contribution >= 0.6 is 35.0 Å². The SMILES string of the molecule is O=S(=O)(c1ccc2ccccc2c1)N1CCS[C@H]1c1ccc(Cl)cc1Cl. The van der Waals surface area contributed by atoms with Crippen molar-refractivity contribution in [1.82, 2.24) is 4.31 Å². The first-order valence-corrected chi connectivity index (χ1v) is 11.3. The number of benzene rings is 3. The van der Waals surface area contributed by atoms with Crippen molar-refractivity contribution in [2.24, 2.45) is 0 Å². The molecule has 0 spiro atoms. The number of rotatable bonds is 3. The van der Waals surface area contributed by atoms with E-state index in [0.717, 1.165) is 22.1 Å². The fourth-order valence-corrected chi connectivity index (χ4v) is 6.99. The average Bonchev–Trinajstić information content (AvgIpc) is 3.11. The van der Waals surface area contributed by atoms with Crippen molar-refractivity contribution in [2.45, 2.75) is 10.3 Å². The molecular formula is C19H15Cl2NO2S2. The number of hydrogen-bond acceptors (Lipinski definition) is 3. The number of hydrogen-bond donors (Lipinski definition) is 0. The van der Waals surface area contributed by atoms with Gasteiger partial charge in [-0.25, -0.2) is 8.42 Å². The molecule has 0 unspecified atom stereocenters. The van der Waals surface area contributed by atoms with Gasteiger partial charge >= 0.3 is 0 Å². The molecular weight excluding hydrogens is 409 g/mol. The van der Waals surface area contributed by atoms with Gasteiger partial charge in [-0.1, -0.05) is 59.6 Å². The highest BCUT2D eigenvalue weighted by Gasteiger charge is 2.37. The third-order valence-electron chi connectivity index (χ3n) is 4.41. The predicted octanol–water partition coefficient (Wildman–Crippen LogP) is 5.58. The Balaban J connectivity index is 1.75. The van der Waals surface area contributed by atoms with Gasteiger partial charge in [-0.15, -0.1) is 11.8 Å². The molecule has 1 saturated heterocycles. The van der Waals surface area contributed by atoms with E-state index in [-0.39, 0.29) is 5.37 Å². The lowest BCUT2D eigenvalue weighted by atomic mass is 10.1. The van der Waals surface area contributed by atoms with E-state index in [1.807, 2.05) is 30.3 Å². The van der Waals surface area contributed by atoms with Crippen LogP contribution in [0.25, 0.3) is 10.8 Å². The second-order valence-electron chi connectivity index (χ2n) is 6.01. The molecule has 0 radical (unpaired) electrons. The van der Waals surface area contributed by atoms with Crippen LogP contribution in [0, 0.1) is 0 Å². The van der Waals surface area contributed by atoms with Gasteiger partial charge in [-0.3, -0.25) is 0 Å². The van der Waals surface area contributed by atoms with Crippen molar-refractivity contribution in [3.05, 3.63) is 76.3 Å². The molecule has 26 heavy (non-hydrogen) atoms. The Labute approximate surface area is 167 Å². The third kappa shape index (κ3) is 3.23. The van der Waals surface area contributed by atoms with Crippen molar-refractivity contribution in [1.29, 1.82) is 0 Å². The minimum atomic E-state index is -3.63. The molecule has 1 atom stereocenters. The number of sulfonamides is 1. The molecule has 1 aliphatic rings. The Bertz CT molecular complexity index is 1090. The van der Waals surface area contributed by atoms with E-state index >= 15 is 0 Å². The lowest BCUT2D eigenvalue weighted by Crippen LogP contribution is -2.30. The van der Waals surface area contributed by atoms with E-state index < -0.39 is 10.0 Å². The van der Waals surface area contributed by atoms with Crippen molar-refractivity contribution >= 4 is 55.8 Å². The molecule has 3 nitrogen and oxygen atoms in total. The third-order valence-corrected chi connectivity index (χ3v) is 8.20. The van der Waals surface area contributed by atoms with E-state index in [9.17, 15) is 8.42 Å². The molecule has 0 saturated carbocycles. The molecule has 1 aliphatic heterocycles. The Morgan fingerprint density at radius 1 is 0.962 bits per heavy atom. The number of halogens is 2. The molecule has 1 heterocycles. The molecule has 3 aromatic carbocycles. The van der Waals surface area contributed by atoms with E-state index in [0.29, 0.717) is 21.5 Å². The Morgan fingerprint density at radius 3 is 2.50 bits per heavy atom. The fraction of sp³-hybridized carbons (Fsp3) is 0.158. The molecule has 4 rings (SSSR count). The van der Waals surface area contributed by atoms with Crippen molar-refractivity contribution < 1.29 is 8.42 Å². The van der Waals surface area contributed by atoms with Crippen LogP contribution in [-0.2, 0) is 10.0 Å². The summed E-state index contributed by atoms with van der Waals surface area (Å²) in [6.45, 7) is 0.448. The second-order valence-corrected chi connectivity index (χ2v) is 9.94. The molecule has 1 fully saturated rings. The molecule has 7 heteroatoms. The molecule has 0 aromatic heterocycles. The zero-order chi connectivity index (χ0) is 18.3. The highest BCUT2D eigenvalue weighted by molar-refractivity contribution is 8.01. The predicted molar refractivity (Wildman–Crippen MR) is 110 cm³/mol. The van der Waals surface area contributed by atoms with Gasteiger partial charge in [0.2, 0.25) is 10.0 Å². The van der Waals surface area contributed by atoms with Gasteiger partial charge in [-0.05, 0) is 40.6 Å². The first-order chi connectivity index (χ1) is 12.5. The van der Waals surface area contributed by atoms with Crippen LogP contribution < -0.4 is 0 Å². The smallest absolute Gasteiger partial charge is 0.207 e. The highest BCUT2D eigenvalue weighted by Crippen LogP contribution is 2.44. The summed E-state index contributed by atoms with van der Waals surface area (Å²) in [5, 5.41) is 2.58. The van der Waals surface area contributed by atoms with Gasteiger partial charge < -0.3 is 0 Å². The Kier molecular flexibility index (Phi) is 4.92. The van der Waals surface area contributed by atoms with Crippen LogP contribution in [0.5, 0.6) is 0 Å². The Morgan fingerprint density at radius 2 is 1.73 bits per heavy atom. The van der Waals surface area contributed by atoms with Crippen LogP contribution in [0.4, 0.5) is 0 Å². The maximum atomic E-state index is 13.3. The number of fused-ring (bicyclic) bond motifs is 1. The molecule has 3 aromatic rings. The van der Waals surface area contributed by atoms with Gasteiger partial charge in [-0.2, -0.15) is 4.31 Å². The van der Waals surface area contributed by atoms with Gasteiger partial charge in [0.25, 0.3) is 0 Å². The Hall–Kier alpha value is -1.24. The summed E-state index contributed by atoms with van der Waals surface area (Å²) in [6.07, 6.45) is 0. The van der Waals surface area contributed by atoms with Crippen LogP contribution in [0.15, 0.2) is 65.6 Å². The molecule has 0 aliphatic carbocycles. The zero-order valence-corrected chi connectivity index (χ0v) is 16.7. The molecule has 0 amide bonds. The van der Waals surface area contributed by atoms with Crippen LogP contribution in [0.3, 0.4) is 0 Å².